The first kappa shape index (κ1) is 18.4. The highest BCUT2D eigenvalue weighted by Crippen LogP contribution is 2.34. The summed E-state index contributed by atoms with van der Waals surface area (Å²) in [5, 5.41) is 13.5. The van der Waals surface area contributed by atoms with E-state index in [1.54, 1.807) is 0 Å². The molecule has 0 N–H and O–H groups in total. The van der Waals surface area contributed by atoms with Crippen molar-refractivity contribution >= 4 is 11.5 Å². The van der Waals surface area contributed by atoms with E-state index >= 15 is 0 Å². The molecule has 1 saturated carbocycles. The molecule has 8 heteroatoms. The average molecular weight is 393 g/mol. The quantitative estimate of drug-likeness (QED) is 0.661. The molecule has 8 nitrogen and oxygen atoms in total. The molecular weight excluding hydrogens is 364 g/mol. The molecule has 5 rings (SSSR count). The Bertz CT molecular complexity index is 985. The van der Waals surface area contributed by atoms with E-state index in [0.717, 1.165) is 61.3 Å². The van der Waals surface area contributed by atoms with Gasteiger partial charge in [-0.15, -0.1) is 15.3 Å². The van der Waals surface area contributed by atoms with Crippen molar-refractivity contribution in [2.75, 3.05) is 32.1 Å². The summed E-state index contributed by atoms with van der Waals surface area (Å²) in [5.41, 5.74) is 1.96. The normalized spacial score (nSPS) is 18.8. The lowest BCUT2D eigenvalue weighted by molar-refractivity contribution is 0.198. The predicted octanol–water partition coefficient (Wildman–Crippen LogP) is 2.63. The van der Waals surface area contributed by atoms with Gasteiger partial charge in [-0.3, -0.25) is 4.90 Å². The van der Waals surface area contributed by atoms with Crippen LogP contribution in [0.5, 0.6) is 0 Å². The van der Waals surface area contributed by atoms with Crippen molar-refractivity contribution in [1.82, 2.24) is 34.7 Å². The van der Waals surface area contributed by atoms with E-state index < -0.39 is 0 Å². The molecule has 0 aromatic carbocycles. The standard InChI is InChI=1S/C21H28N8/c1-27(2)19-7-6-18-24-25-21(29(18)26-19)16-9-12-28(13-10-16)14-17-8-11-22-20(23-17)15-4-3-5-15/h6-8,11,15-16H,3-5,9-10,12-14H2,1-2H3. The lowest BCUT2D eigenvalue weighted by atomic mass is 9.85. The summed E-state index contributed by atoms with van der Waals surface area (Å²) in [5.74, 6) is 3.92. The number of fused-ring (bicyclic) bond motifs is 1. The average Bonchev–Trinajstić information content (AvgIpc) is 3.11. The van der Waals surface area contributed by atoms with E-state index in [0.29, 0.717) is 11.8 Å². The minimum atomic E-state index is 0.391. The van der Waals surface area contributed by atoms with E-state index in [4.69, 9.17) is 10.1 Å². The van der Waals surface area contributed by atoms with Gasteiger partial charge in [0.1, 0.15) is 11.6 Å². The monoisotopic (exact) mass is 392 g/mol. The number of likely N-dealkylation sites (tertiary alicyclic amines) is 1. The topological polar surface area (TPSA) is 75.3 Å². The minimum absolute atomic E-state index is 0.391. The molecule has 0 bridgehead atoms. The first-order chi connectivity index (χ1) is 14.2. The van der Waals surface area contributed by atoms with Crippen LogP contribution in [0.1, 0.15) is 61.3 Å². The van der Waals surface area contributed by atoms with E-state index in [1.807, 2.05) is 41.8 Å². The van der Waals surface area contributed by atoms with Crippen molar-refractivity contribution in [3.8, 4) is 0 Å². The van der Waals surface area contributed by atoms with Crippen LogP contribution in [-0.4, -0.2) is 61.9 Å². The summed E-state index contributed by atoms with van der Waals surface area (Å²) in [6.45, 7) is 2.98. The summed E-state index contributed by atoms with van der Waals surface area (Å²) in [7, 11) is 4.00. The van der Waals surface area contributed by atoms with E-state index in [-0.39, 0.29) is 0 Å². The fourth-order valence-corrected chi connectivity index (χ4v) is 4.23. The van der Waals surface area contributed by atoms with Gasteiger partial charge >= 0.3 is 0 Å². The van der Waals surface area contributed by atoms with Crippen molar-refractivity contribution in [2.45, 2.75) is 50.5 Å². The summed E-state index contributed by atoms with van der Waals surface area (Å²) in [6, 6.07) is 6.03. The van der Waals surface area contributed by atoms with Crippen LogP contribution in [0.4, 0.5) is 5.82 Å². The summed E-state index contributed by atoms with van der Waals surface area (Å²) in [6.07, 6.45) is 7.85. The molecule has 0 amide bonds. The highest BCUT2D eigenvalue weighted by Gasteiger charge is 2.26. The second-order valence-corrected chi connectivity index (χ2v) is 8.50. The van der Waals surface area contributed by atoms with Crippen molar-refractivity contribution in [2.24, 2.45) is 0 Å². The van der Waals surface area contributed by atoms with Crippen molar-refractivity contribution in [3.05, 3.63) is 41.7 Å². The molecular formula is C21H28N8. The molecule has 1 saturated heterocycles. The third-order valence-corrected chi connectivity index (χ3v) is 6.27. The molecule has 3 aromatic rings. The molecule has 0 spiro atoms. The Hall–Kier alpha value is -2.61. The number of rotatable bonds is 5. The predicted molar refractivity (Wildman–Crippen MR) is 111 cm³/mol. The maximum atomic E-state index is 4.83. The number of piperidine rings is 1. The Morgan fingerprint density at radius 3 is 2.55 bits per heavy atom. The highest BCUT2D eigenvalue weighted by atomic mass is 15.4. The van der Waals surface area contributed by atoms with Crippen LogP contribution < -0.4 is 4.90 Å². The molecule has 152 valence electrons. The molecule has 0 radical (unpaired) electrons. The zero-order valence-corrected chi connectivity index (χ0v) is 17.2. The number of anilines is 1. The second-order valence-electron chi connectivity index (χ2n) is 8.50. The molecule has 1 aliphatic carbocycles. The van der Waals surface area contributed by atoms with Crippen LogP contribution in [0.15, 0.2) is 24.4 Å². The Morgan fingerprint density at radius 1 is 1.00 bits per heavy atom. The molecule has 0 atom stereocenters. The second kappa shape index (κ2) is 7.67. The maximum Gasteiger partial charge on any atom is 0.178 e. The molecule has 2 aliphatic rings. The fraction of sp³-hybridized carbons (Fsp3) is 0.571. The van der Waals surface area contributed by atoms with Gasteiger partial charge in [-0.05, 0) is 57.0 Å². The van der Waals surface area contributed by atoms with Crippen molar-refractivity contribution in [3.63, 3.8) is 0 Å². The molecule has 3 aromatic heterocycles. The smallest absolute Gasteiger partial charge is 0.178 e. The van der Waals surface area contributed by atoms with Gasteiger partial charge in [0.25, 0.3) is 0 Å². The highest BCUT2D eigenvalue weighted by molar-refractivity contribution is 5.45. The van der Waals surface area contributed by atoms with E-state index in [9.17, 15) is 0 Å². The molecule has 0 unspecified atom stereocenters. The van der Waals surface area contributed by atoms with Crippen molar-refractivity contribution in [1.29, 1.82) is 0 Å². The van der Waals surface area contributed by atoms with Gasteiger partial charge in [0.15, 0.2) is 11.5 Å². The van der Waals surface area contributed by atoms with Gasteiger partial charge in [0.2, 0.25) is 0 Å². The zero-order chi connectivity index (χ0) is 19.8. The zero-order valence-electron chi connectivity index (χ0n) is 17.2. The number of aromatic nitrogens is 6. The fourth-order valence-electron chi connectivity index (χ4n) is 4.23. The lowest BCUT2D eigenvalue weighted by Crippen LogP contribution is -2.33. The van der Waals surface area contributed by atoms with Gasteiger partial charge < -0.3 is 4.90 Å². The first-order valence-corrected chi connectivity index (χ1v) is 10.6. The van der Waals surface area contributed by atoms with Crippen LogP contribution >= 0.6 is 0 Å². The third kappa shape index (κ3) is 3.69. The van der Waals surface area contributed by atoms with Crippen LogP contribution in [0.3, 0.4) is 0 Å². The van der Waals surface area contributed by atoms with E-state index in [2.05, 4.69) is 26.1 Å². The first-order valence-electron chi connectivity index (χ1n) is 10.6. The van der Waals surface area contributed by atoms with E-state index in [1.165, 1.54) is 19.3 Å². The lowest BCUT2D eigenvalue weighted by Gasteiger charge is -2.31. The Balaban J connectivity index is 1.25. The SMILES string of the molecule is CN(C)c1ccc2nnc(C3CCN(Cc4ccnc(C5CCC5)n4)CC3)n2n1. The molecule has 1 aliphatic heterocycles. The van der Waals surface area contributed by atoms with Gasteiger partial charge in [-0.25, -0.2) is 9.97 Å². The van der Waals surface area contributed by atoms with Crippen LogP contribution in [0, 0.1) is 0 Å². The van der Waals surface area contributed by atoms with Gasteiger partial charge in [0.05, 0.1) is 5.69 Å². The number of hydrogen-bond acceptors (Lipinski definition) is 7. The molecule has 4 heterocycles. The third-order valence-electron chi connectivity index (χ3n) is 6.27. The number of nitrogens with zero attached hydrogens (tertiary/aromatic N) is 8. The van der Waals surface area contributed by atoms with Gasteiger partial charge in [-0.1, -0.05) is 6.42 Å². The maximum absolute atomic E-state index is 4.83. The number of hydrogen-bond donors (Lipinski definition) is 0. The van der Waals surface area contributed by atoms with Crippen LogP contribution in [-0.2, 0) is 6.54 Å². The van der Waals surface area contributed by atoms with Crippen LogP contribution in [0.25, 0.3) is 5.65 Å². The van der Waals surface area contributed by atoms with Crippen LogP contribution in [0.2, 0.25) is 0 Å². The Morgan fingerprint density at radius 2 is 1.83 bits per heavy atom. The molecule has 29 heavy (non-hydrogen) atoms. The van der Waals surface area contributed by atoms with Crippen molar-refractivity contribution < 1.29 is 0 Å². The molecule has 2 fully saturated rings. The summed E-state index contributed by atoms with van der Waals surface area (Å²) < 4.78 is 1.92. The van der Waals surface area contributed by atoms with Gasteiger partial charge in [-0.2, -0.15) is 4.52 Å². The Labute approximate surface area is 171 Å². The largest absolute Gasteiger partial charge is 0.361 e. The Kier molecular flexibility index (Phi) is 4.87. The summed E-state index contributed by atoms with van der Waals surface area (Å²) in [4.78, 5) is 13.8. The minimum Gasteiger partial charge on any atom is -0.361 e. The van der Waals surface area contributed by atoms with Gasteiger partial charge in [0, 0.05) is 38.7 Å². The summed E-state index contributed by atoms with van der Waals surface area (Å²) >= 11 is 0.